The van der Waals surface area contributed by atoms with E-state index in [-0.39, 0.29) is 0 Å². The first-order valence-electron chi connectivity index (χ1n) is 5.95. The van der Waals surface area contributed by atoms with Crippen LogP contribution >= 0.6 is 0 Å². The van der Waals surface area contributed by atoms with Gasteiger partial charge < -0.3 is 5.32 Å². The summed E-state index contributed by atoms with van der Waals surface area (Å²) in [6.45, 7) is 3.08. The molecule has 0 heterocycles. The Morgan fingerprint density at radius 1 is 1.06 bits per heavy atom. The molecule has 0 amide bonds. The van der Waals surface area contributed by atoms with Crippen LogP contribution in [0.15, 0.2) is 36.4 Å². The number of hydrogen-bond donors (Lipinski definition) is 1. The Bertz CT molecular complexity index is 573. The van der Waals surface area contributed by atoms with E-state index in [2.05, 4.69) is 60.5 Å². The van der Waals surface area contributed by atoms with Crippen molar-refractivity contribution in [3.05, 3.63) is 47.5 Å². The van der Waals surface area contributed by atoms with Crippen LogP contribution in [0.1, 0.15) is 17.5 Å². The molecule has 0 bridgehead atoms. The third-order valence-corrected chi connectivity index (χ3v) is 2.87. The number of aryl methyl sites for hydroxylation is 1. The SMILES string of the molecule is CNCCC#Cc1ccc(C)c2ccccc12. The number of nitrogens with one attached hydrogen (secondary N) is 1. The van der Waals surface area contributed by atoms with Gasteiger partial charge in [-0.05, 0) is 36.4 Å². The average molecular weight is 223 g/mol. The minimum Gasteiger partial charge on any atom is -0.319 e. The number of hydrogen-bond acceptors (Lipinski definition) is 1. The third-order valence-electron chi connectivity index (χ3n) is 2.87. The average Bonchev–Trinajstić information content (AvgIpc) is 2.37. The van der Waals surface area contributed by atoms with E-state index in [0.717, 1.165) is 18.5 Å². The minimum absolute atomic E-state index is 0.888. The van der Waals surface area contributed by atoms with Gasteiger partial charge in [0.1, 0.15) is 0 Å². The molecule has 1 N–H and O–H groups in total. The predicted molar refractivity (Wildman–Crippen MR) is 74.1 cm³/mol. The van der Waals surface area contributed by atoms with Crippen LogP contribution in [0, 0.1) is 18.8 Å². The molecule has 2 aromatic carbocycles. The molecule has 17 heavy (non-hydrogen) atoms. The van der Waals surface area contributed by atoms with Crippen LogP contribution in [-0.2, 0) is 0 Å². The van der Waals surface area contributed by atoms with E-state index in [0.29, 0.717) is 0 Å². The van der Waals surface area contributed by atoms with Gasteiger partial charge in [0.2, 0.25) is 0 Å². The maximum atomic E-state index is 3.26. The second-order valence-corrected chi connectivity index (χ2v) is 4.13. The zero-order valence-electron chi connectivity index (χ0n) is 10.4. The van der Waals surface area contributed by atoms with Crippen molar-refractivity contribution in [1.82, 2.24) is 5.32 Å². The summed E-state index contributed by atoms with van der Waals surface area (Å²) in [5.41, 5.74) is 2.43. The van der Waals surface area contributed by atoms with Crippen LogP contribution in [-0.4, -0.2) is 13.6 Å². The summed E-state index contributed by atoms with van der Waals surface area (Å²) in [7, 11) is 1.95. The summed E-state index contributed by atoms with van der Waals surface area (Å²) in [4.78, 5) is 0. The van der Waals surface area contributed by atoms with Crippen LogP contribution in [0.3, 0.4) is 0 Å². The van der Waals surface area contributed by atoms with Gasteiger partial charge in [0.25, 0.3) is 0 Å². The standard InChI is InChI=1S/C16H17N/c1-13-10-11-14(7-5-6-12-17-2)16-9-4-3-8-15(13)16/h3-4,8-11,17H,6,12H2,1-2H3. The fourth-order valence-corrected chi connectivity index (χ4v) is 1.90. The zero-order chi connectivity index (χ0) is 12.1. The maximum absolute atomic E-state index is 3.26. The monoisotopic (exact) mass is 223 g/mol. The molecule has 0 saturated carbocycles. The van der Waals surface area contributed by atoms with E-state index in [1.807, 2.05) is 7.05 Å². The van der Waals surface area contributed by atoms with E-state index in [1.54, 1.807) is 0 Å². The molecule has 86 valence electrons. The van der Waals surface area contributed by atoms with Crippen molar-refractivity contribution in [2.45, 2.75) is 13.3 Å². The van der Waals surface area contributed by atoms with Crippen molar-refractivity contribution in [3.63, 3.8) is 0 Å². The van der Waals surface area contributed by atoms with Gasteiger partial charge in [0.15, 0.2) is 0 Å². The Kier molecular flexibility index (Phi) is 3.80. The van der Waals surface area contributed by atoms with Gasteiger partial charge in [-0.1, -0.05) is 42.2 Å². The second-order valence-electron chi connectivity index (χ2n) is 4.13. The van der Waals surface area contributed by atoms with Crippen LogP contribution < -0.4 is 5.32 Å². The van der Waals surface area contributed by atoms with Gasteiger partial charge >= 0.3 is 0 Å². The summed E-state index contributed by atoms with van der Waals surface area (Å²) < 4.78 is 0. The second kappa shape index (κ2) is 5.52. The number of fused-ring (bicyclic) bond motifs is 1. The van der Waals surface area contributed by atoms with Gasteiger partial charge in [-0.15, -0.1) is 0 Å². The lowest BCUT2D eigenvalue weighted by Gasteiger charge is -2.03. The first-order chi connectivity index (χ1) is 8.33. The summed E-state index contributed by atoms with van der Waals surface area (Å²) in [6.07, 6.45) is 0.888. The highest BCUT2D eigenvalue weighted by molar-refractivity contribution is 5.90. The molecule has 1 heteroatoms. The normalized spacial score (nSPS) is 10.0. The number of rotatable bonds is 2. The molecule has 2 rings (SSSR count). The summed E-state index contributed by atoms with van der Waals surface area (Å²) in [5.74, 6) is 6.46. The van der Waals surface area contributed by atoms with Crippen molar-refractivity contribution < 1.29 is 0 Å². The largest absolute Gasteiger partial charge is 0.319 e. The quantitative estimate of drug-likeness (QED) is 0.609. The highest BCUT2D eigenvalue weighted by Crippen LogP contribution is 2.21. The highest BCUT2D eigenvalue weighted by atomic mass is 14.8. The lowest BCUT2D eigenvalue weighted by Crippen LogP contribution is -2.05. The molecule has 0 aliphatic heterocycles. The summed E-state index contributed by atoms with van der Waals surface area (Å²) in [5, 5.41) is 5.65. The molecule has 0 atom stereocenters. The maximum Gasteiger partial charge on any atom is 0.0323 e. The molecule has 0 fully saturated rings. The lowest BCUT2D eigenvalue weighted by molar-refractivity contribution is 0.818. The van der Waals surface area contributed by atoms with Crippen LogP contribution in [0.2, 0.25) is 0 Å². The predicted octanol–water partition coefficient (Wildman–Crippen LogP) is 3.11. The van der Waals surface area contributed by atoms with E-state index in [9.17, 15) is 0 Å². The summed E-state index contributed by atoms with van der Waals surface area (Å²) in [6, 6.07) is 12.7. The van der Waals surface area contributed by atoms with Crippen molar-refractivity contribution in [3.8, 4) is 11.8 Å². The van der Waals surface area contributed by atoms with Crippen molar-refractivity contribution >= 4 is 10.8 Å². The van der Waals surface area contributed by atoms with E-state index in [1.165, 1.54) is 16.3 Å². The molecule has 0 aliphatic carbocycles. The Morgan fingerprint density at radius 3 is 2.59 bits per heavy atom. The molecule has 0 aliphatic rings. The molecule has 0 radical (unpaired) electrons. The molecule has 1 nitrogen and oxygen atoms in total. The van der Waals surface area contributed by atoms with Crippen LogP contribution in [0.4, 0.5) is 0 Å². The summed E-state index contributed by atoms with van der Waals surface area (Å²) >= 11 is 0. The topological polar surface area (TPSA) is 12.0 Å². The van der Waals surface area contributed by atoms with Crippen LogP contribution in [0.25, 0.3) is 10.8 Å². The fourth-order valence-electron chi connectivity index (χ4n) is 1.90. The smallest absolute Gasteiger partial charge is 0.0323 e. The Balaban J connectivity index is 2.40. The minimum atomic E-state index is 0.888. The highest BCUT2D eigenvalue weighted by Gasteiger charge is 1.99. The first kappa shape index (κ1) is 11.7. The Labute approximate surface area is 103 Å². The van der Waals surface area contributed by atoms with E-state index in [4.69, 9.17) is 0 Å². The van der Waals surface area contributed by atoms with Gasteiger partial charge in [0.05, 0.1) is 0 Å². The third kappa shape index (κ3) is 2.67. The van der Waals surface area contributed by atoms with Gasteiger partial charge in [-0.2, -0.15) is 0 Å². The van der Waals surface area contributed by atoms with E-state index >= 15 is 0 Å². The molecule has 0 aromatic heterocycles. The molecule has 0 saturated heterocycles. The van der Waals surface area contributed by atoms with E-state index < -0.39 is 0 Å². The lowest BCUT2D eigenvalue weighted by atomic mass is 10.0. The van der Waals surface area contributed by atoms with Gasteiger partial charge in [-0.3, -0.25) is 0 Å². The Hall–Kier alpha value is -1.78. The zero-order valence-corrected chi connectivity index (χ0v) is 10.4. The first-order valence-corrected chi connectivity index (χ1v) is 5.95. The molecular formula is C16H17N. The van der Waals surface area contributed by atoms with Crippen molar-refractivity contribution in [1.29, 1.82) is 0 Å². The fraction of sp³-hybridized carbons (Fsp3) is 0.250. The van der Waals surface area contributed by atoms with Gasteiger partial charge in [-0.25, -0.2) is 0 Å². The Morgan fingerprint density at radius 2 is 1.82 bits per heavy atom. The van der Waals surface area contributed by atoms with Crippen molar-refractivity contribution in [2.24, 2.45) is 0 Å². The van der Waals surface area contributed by atoms with Crippen LogP contribution in [0.5, 0.6) is 0 Å². The molecule has 0 unspecified atom stereocenters. The number of benzene rings is 2. The molecular weight excluding hydrogens is 206 g/mol. The molecule has 0 spiro atoms. The molecule has 2 aromatic rings. The van der Waals surface area contributed by atoms with Crippen molar-refractivity contribution in [2.75, 3.05) is 13.6 Å². The van der Waals surface area contributed by atoms with Gasteiger partial charge in [0, 0.05) is 18.5 Å².